The molecule has 2 rings (SSSR count). The second-order valence-corrected chi connectivity index (χ2v) is 4.58. The van der Waals surface area contributed by atoms with Crippen LogP contribution in [0.2, 0.25) is 5.02 Å². The molecule has 0 aliphatic rings. The first-order chi connectivity index (χ1) is 8.56. The molecule has 2 N–H and O–H groups in total. The van der Waals surface area contributed by atoms with Crippen LogP contribution in [0.4, 0.5) is 0 Å². The predicted molar refractivity (Wildman–Crippen MR) is 69.4 cm³/mol. The van der Waals surface area contributed by atoms with Gasteiger partial charge in [-0.1, -0.05) is 16.8 Å². The van der Waals surface area contributed by atoms with Crippen LogP contribution in [0.25, 0.3) is 0 Å². The lowest BCUT2D eigenvalue weighted by molar-refractivity contribution is 0.296. The number of hydrogen-bond donors (Lipinski definition) is 1. The summed E-state index contributed by atoms with van der Waals surface area (Å²) in [6, 6.07) is 5.27. The Morgan fingerprint density at radius 1 is 1.50 bits per heavy atom. The zero-order valence-corrected chi connectivity index (χ0v) is 11.1. The minimum Gasteiger partial charge on any atom is -0.487 e. The Morgan fingerprint density at radius 2 is 2.28 bits per heavy atom. The van der Waals surface area contributed by atoms with E-state index in [0.29, 0.717) is 11.6 Å². The summed E-state index contributed by atoms with van der Waals surface area (Å²) in [5.74, 6) is 0.722. The van der Waals surface area contributed by atoms with Gasteiger partial charge in [0, 0.05) is 23.7 Å². The van der Waals surface area contributed by atoms with Crippen LogP contribution in [0.1, 0.15) is 24.2 Å². The lowest BCUT2D eigenvalue weighted by Crippen LogP contribution is -2.08. The number of rotatable bonds is 4. The fourth-order valence-corrected chi connectivity index (χ4v) is 1.80. The van der Waals surface area contributed by atoms with E-state index in [1.807, 2.05) is 32.3 Å². The van der Waals surface area contributed by atoms with E-state index >= 15 is 0 Å². The zero-order valence-electron chi connectivity index (χ0n) is 10.3. The smallest absolute Gasteiger partial charge is 0.134 e. The maximum Gasteiger partial charge on any atom is 0.134 e. The van der Waals surface area contributed by atoms with Crippen molar-refractivity contribution in [2.45, 2.75) is 19.6 Å². The molecule has 1 heterocycles. The molecular formula is C12H15ClN4O. The van der Waals surface area contributed by atoms with Crippen molar-refractivity contribution in [1.82, 2.24) is 15.0 Å². The number of nitrogens with zero attached hydrogens (tertiary/aromatic N) is 3. The highest BCUT2D eigenvalue weighted by Gasteiger charge is 2.10. The fourth-order valence-electron chi connectivity index (χ4n) is 1.62. The lowest BCUT2D eigenvalue weighted by Gasteiger charge is -2.13. The average molecular weight is 267 g/mol. The van der Waals surface area contributed by atoms with Crippen molar-refractivity contribution in [2.24, 2.45) is 12.8 Å². The SMILES string of the molecule is C[C@@H](N)c1cc(Cl)ccc1OCc1cn(C)nn1. The van der Waals surface area contributed by atoms with Gasteiger partial charge in [0.1, 0.15) is 18.1 Å². The first-order valence-electron chi connectivity index (χ1n) is 5.59. The predicted octanol–water partition coefficient (Wildman–Crippen LogP) is 2.07. The minimum absolute atomic E-state index is 0.138. The molecule has 0 bridgehead atoms. The number of aryl methyl sites for hydroxylation is 1. The Labute approximate surface area is 111 Å². The van der Waals surface area contributed by atoms with Gasteiger partial charge in [0.15, 0.2) is 0 Å². The fraction of sp³-hybridized carbons (Fsp3) is 0.333. The van der Waals surface area contributed by atoms with E-state index in [4.69, 9.17) is 22.1 Å². The van der Waals surface area contributed by atoms with Crippen molar-refractivity contribution in [2.75, 3.05) is 0 Å². The molecule has 0 aliphatic carbocycles. The van der Waals surface area contributed by atoms with Gasteiger partial charge in [0.05, 0.1) is 6.20 Å². The molecular weight excluding hydrogens is 252 g/mol. The molecule has 1 aromatic carbocycles. The Hall–Kier alpha value is -1.59. The zero-order chi connectivity index (χ0) is 13.1. The molecule has 18 heavy (non-hydrogen) atoms. The summed E-state index contributed by atoms with van der Waals surface area (Å²) in [7, 11) is 1.81. The van der Waals surface area contributed by atoms with Gasteiger partial charge < -0.3 is 10.5 Å². The number of aromatic nitrogens is 3. The molecule has 2 aromatic rings. The number of ether oxygens (including phenoxy) is 1. The molecule has 0 spiro atoms. The number of halogens is 1. The number of benzene rings is 1. The van der Waals surface area contributed by atoms with E-state index in [9.17, 15) is 0 Å². The summed E-state index contributed by atoms with van der Waals surface area (Å²) in [5.41, 5.74) is 7.53. The number of nitrogens with two attached hydrogens (primary N) is 1. The van der Waals surface area contributed by atoms with Crippen molar-refractivity contribution in [1.29, 1.82) is 0 Å². The van der Waals surface area contributed by atoms with Gasteiger partial charge in [-0.25, -0.2) is 0 Å². The van der Waals surface area contributed by atoms with Crippen LogP contribution in [0.5, 0.6) is 5.75 Å². The van der Waals surface area contributed by atoms with Crippen molar-refractivity contribution >= 4 is 11.6 Å². The standard InChI is InChI=1S/C12H15ClN4O/c1-8(14)11-5-9(13)3-4-12(11)18-7-10-6-17(2)16-15-10/h3-6,8H,7,14H2,1-2H3/t8-/m1/s1. The summed E-state index contributed by atoms with van der Waals surface area (Å²) in [6.07, 6.45) is 1.81. The lowest BCUT2D eigenvalue weighted by atomic mass is 10.1. The van der Waals surface area contributed by atoms with Gasteiger partial charge in [-0.05, 0) is 25.1 Å². The van der Waals surface area contributed by atoms with Gasteiger partial charge in [-0.2, -0.15) is 0 Å². The molecule has 0 amide bonds. The van der Waals surface area contributed by atoms with Gasteiger partial charge in [0.2, 0.25) is 0 Å². The number of hydrogen-bond acceptors (Lipinski definition) is 4. The molecule has 0 fully saturated rings. The van der Waals surface area contributed by atoms with Crippen LogP contribution in [0.15, 0.2) is 24.4 Å². The van der Waals surface area contributed by atoms with Gasteiger partial charge in [-0.15, -0.1) is 5.10 Å². The summed E-state index contributed by atoms with van der Waals surface area (Å²) in [4.78, 5) is 0. The molecule has 0 radical (unpaired) electrons. The summed E-state index contributed by atoms with van der Waals surface area (Å²) in [5, 5.41) is 8.44. The van der Waals surface area contributed by atoms with E-state index in [1.165, 1.54) is 0 Å². The van der Waals surface area contributed by atoms with Crippen LogP contribution >= 0.6 is 11.6 Å². The third-order valence-electron chi connectivity index (χ3n) is 2.49. The van der Waals surface area contributed by atoms with Crippen LogP contribution in [-0.2, 0) is 13.7 Å². The van der Waals surface area contributed by atoms with E-state index in [0.717, 1.165) is 17.0 Å². The highest BCUT2D eigenvalue weighted by molar-refractivity contribution is 6.30. The van der Waals surface area contributed by atoms with E-state index in [1.54, 1.807) is 10.7 Å². The van der Waals surface area contributed by atoms with E-state index in [2.05, 4.69) is 10.3 Å². The monoisotopic (exact) mass is 266 g/mol. The highest BCUT2D eigenvalue weighted by atomic mass is 35.5. The molecule has 1 atom stereocenters. The molecule has 5 nitrogen and oxygen atoms in total. The van der Waals surface area contributed by atoms with Gasteiger partial charge in [-0.3, -0.25) is 4.68 Å². The Bertz CT molecular complexity index is 539. The first kappa shape index (κ1) is 12.9. The van der Waals surface area contributed by atoms with Crippen LogP contribution in [0.3, 0.4) is 0 Å². The van der Waals surface area contributed by atoms with Crippen LogP contribution in [0, 0.1) is 0 Å². The molecule has 0 saturated heterocycles. The summed E-state index contributed by atoms with van der Waals surface area (Å²) >= 11 is 5.94. The molecule has 0 saturated carbocycles. The molecule has 1 aromatic heterocycles. The molecule has 6 heteroatoms. The van der Waals surface area contributed by atoms with Crippen molar-refractivity contribution in [3.05, 3.63) is 40.7 Å². The largest absolute Gasteiger partial charge is 0.487 e. The minimum atomic E-state index is -0.138. The van der Waals surface area contributed by atoms with Gasteiger partial charge >= 0.3 is 0 Å². The maximum absolute atomic E-state index is 5.94. The highest BCUT2D eigenvalue weighted by Crippen LogP contribution is 2.27. The molecule has 0 unspecified atom stereocenters. The van der Waals surface area contributed by atoms with E-state index < -0.39 is 0 Å². The maximum atomic E-state index is 5.94. The summed E-state index contributed by atoms with van der Waals surface area (Å²) in [6.45, 7) is 2.25. The van der Waals surface area contributed by atoms with Crippen molar-refractivity contribution in [3.63, 3.8) is 0 Å². The third-order valence-corrected chi connectivity index (χ3v) is 2.72. The van der Waals surface area contributed by atoms with E-state index in [-0.39, 0.29) is 6.04 Å². The molecule has 96 valence electrons. The average Bonchev–Trinajstić information content (AvgIpc) is 2.73. The second kappa shape index (κ2) is 5.37. The molecule has 0 aliphatic heterocycles. The van der Waals surface area contributed by atoms with Crippen LogP contribution < -0.4 is 10.5 Å². The van der Waals surface area contributed by atoms with Crippen molar-refractivity contribution in [3.8, 4) is 5.75 Å². The Kier molecular flexibility index (Phi) is 3.84. The van der Waals surface area contributed by atoms with Crippen LogP contribution in [-0.4, -0.2) is 15.0 Å². The first-order valence-corrected chi connectivity index (χ1v) is 5.97. The van der Waals surface area contributed by atoms with Gasteiger partial charge in [0.25, 0.3) is 0 Å². The normalized spacial score (nSPS) is 12.4. The Morgan fingerprint density at radius 3 is 2.89 bits per heavy atom. The summed E-state index contributed by atoms with van der Waals surface area (Å²) < 4.78 is 7.33. The topological polar surface area (TPSA) is 66.0 Å². The quantitative estimate of drug-likeness (QED) is 0.920. The Balaban J connectivity index is 2.13. The third kappa shape index (κ3) is 3.00. The van der Waals surface area contributed by atoms with Crippen molar-refractivity contribution < 1.29 is 4.74 Å². The second-order valence-electron chi connectivity index (χ2n) is 4.14.